The van der Waals surface area contributed by atoms with E-state index in [4.69, 9.17) is 9.47 Å². The Morgan fingerprint density at radius 3 is 2.44 bits per heavy atom. The van der Waals surface area contributed by atoms with Gasteiger partial charge in [0.1, 0.15) is 5.82 Å². The van der Waals surface area contributed by atoms with Gasteiger partial charge < -0.3 is 14.4 Å². The largest absolute Gasteiger partial charge is 0.369 e. The normalized spacial score (nSPS) is 23.2. The van der Waals surface area contributed by atoms with Gasteiger partial charge in [-0.2, -0.15) is 0 Å². The maximum atomic E-state index is 14.6. The number of ether oxygens (including phenoxy) is 2. The Bertz CT molecular complexity index is 695. The summed E-state index contributed by atoms with van der Waals surface area (Å²) in [6.45, 7) is 2.78. The molecule has 1 spiro atoms. The third-order valence-corrected chi connectivity index (χ3v) is 4.98. The van der Waals surface area contributed by atoms with Crippen molar-refractivity contribution < 1.29 is 23.5 Å². The monoisotopic (exact) mass is 349 g/mol. The number of rotatable bonds is 2. The molecule has 0 atom stereocenters. The van der Waals surface area contributed by atoms with Gasteiger partial charge in [-0.3, -0.25) is 15.0 Å². The van der Waals surface area contributed by atoms with E-state index >= 15 is 0 Å². The first kappa shape index (κ1) is 16.3. The summed E-state index contributed by atoms with van der Waals surface area (Å²) in [5.74, 6) is -1.19. The first-order valence-electron chi connectivity index (χ1n) is 8.50. The lowest BCUT2D eigenvalue weighted by Crippen LogP contribution is -2.49. The van der Waals surface area contributed by atoms with Crippen molar-refractivity contribution in [3.05, 3.63) is 24.0 Å². The number of halogens is 1. The minimum Gasteiger partial charge on any atom is -0.369 e. The van der Waals surface area contributed by atoms with Crippen molar-refractivity contribution >= 4 is 23.3 Å². The molecule has 0 unspecified atom stereocenters. The third kappa shape index (κ3) is 3.07. The first-order chi connectivity index (χ1) is 12.1. The Balaban J connectivity index is 1.47. The summed E-state index contributed by atoms with van der Waals surface area (Å²) in [5.41, 5.74) is 0.951. The Hall–Kier alpha value is -2.19. The number of benzene rings is 1. The molecule has 1 aromatic rings. The molecule has 0 radical (unpaired) electrons. The summed E-state index contributed by atoms with van der Waals surface area (Å²) >= 11 is 0. The maximum absolute atomic E-state index is 14.6. The zero-order valence-corrected chi connectivity index (χ0v) is 13.8. The third-order valence-electron chi connectivity index (χ3n) is 4.98. The van der Waals surface area contributed by atoms with Gasteiger partial charge in [0.2, 0.25) is 5.91 Å². The minimum absolute atomic E-state index is 0.212. The Labute approximate surface area is 144 Å². The summed E-state index contributed by atoms with van der Waals surface area (Å²) in [7, 11) is 0. The second kappa shape index (κ2) is 6.27. The highest BCUT2D eigenvalue weighted by Crippen LogP contribution is 2.34. The molecular weight excluding hydrogens is 329 g/mol. The highest BCUT2D eigenvalue weighted by Gasteiger charge is 2.40. The van der Waals surface area contributed by atoms with Crippen LogP contribution >= 0.6 is 0 Å². The lowest BCUT2D eigenvalue weighted by molar-refractivity contribution is -0.169. The van der Waals surface area contributed by atoms with Crippen molar-refractivity contribution in [2.24, 2.45) is 0 Å². The van der Waals surface area contributed by atoms with Crippen molar-refractivity contribution in [3.63, 3.8) is 0 Å². The van der Waals surface area contributed by atoms with Gasteiger partial charge in [0.25, 0.3) is 0 Å². The number of nitrogens with one attached hydrogen (secondary N) is 1. The Morgan fingerprint density at radius 2 is 1.80 bits per heavy atom. The molecule has 0 aromatic heterocycles. The van der Waals surface area contributed by atoms with E-state index in [2.05, 4.69) is 5.32 Å². The van der Waals surface area contributed by atoms with Gasteiger partial charge in [0.05, 0.1) is 18.9 Å². The smallest absolute Gasteiger partial charge is 0.328 e. The van der Waals surface area contributed by atoms with Crippen LogP contribution in [0.1, 0.15) is 19.3 Å². The van der Waals surface area contributed by atoms with Crippen LogP contribution in [0.5, 0.6) is 0 Å². The van der Waals surface area contributed by atoms with Crippen molar-refractivity contribution in [2.75, 3.05) is 42.6 Å². The number of carbonyl (C=O) groups is 2. The fourth-order valence-electron chi connectivity index (χ4n) is 3.60. The maximum Gasteiger partial charge on any atom is 0.328 e. The van der Waals surface area contributed by atoms with Crippen LogP contribution in [0.2, 0.25) is 0 Å². The van der Waals surface area contributed by atoms with E-state index in [-0.39, 0.29) is 24.7 Å². The van der Waals surface area contributed by atoms with E-state index in [1.165, 1.54) is 11.0 Å². The molecule has 3 fully saturated rings. The molecule has 25 heavy (non-hydrogen) atoms. The molecule has 3 heterocycles. The summed E-state index contributed by atoms with van der Waals surface area (Å²) in [6, 6.07) is 4.22. The lowest BCUT2D eigenvalue weighted by Gasteiger charge is -2.39. The van der Waals surface area contributed by atoms with Crippen molar-refractivity contribution in [2.45, 2.75) is 25.0 Å². The van der Waals surface area contributed by atoms with Crippen molar-refractivity contribution in [1.29, 1.82) is 0 Å². The molecule has 1 N–H and O–H groups in total. The van der Waals surface area contributed by atoms with Crippen LogP contribution in [-0.2, 0) is 14.3 Å². The molecule has 3 aliphatic rings. The van der Waals surface area contributed by atoms with E-state index in [1.54, 1.807) is 12.1 Å². The number of hydrogen-bond donors (Lipinski definition) is 1. The van der Waals surface area contributed by atoms with Crippen LogP contribution in [0.25, 0.3) is 0 Å². The average Bonchev–Trinajstić information content (AvgIpc) is 3.04. The van der Waals surface area contributed by atoms with Crippen LogP contribution in [0.4, 0.5) is 20.6 Å². The molecule has 134 valence electrons. The number of hydrogen-bond acceptors (Lipinski definition) is 5. The molecule has 3 aliphatic heterocycles. The fraction of sp³-hybridized carbons (Fsp3) is 0.529. The van der Waals surface area contributed by atoms with E-state index in [1.807, 2.05) is 4.90 Å². The second-order valence-electron chi connectivity index (χ2n) is 6.49. The second-order valence-corrected chi connectivity index (χ2v) is 6.49. The average molecular weight is 349 g/mol. The zero-order chi connectivity index (χ0) is 17.4. The number of carbonyl (C=O) groups excluding carboxylic acids is 2. The van der Waals surface area contributed by atoms with Gasteiger partial charge in [-0.25, -0.2) is 9.18 Å². The van der Waals surface area contributed by atoms with E-state index in [0.29, 0.717) is 50.5 Å². The predicted octanol–water partition coefficient (Wildman–Crippen LogP) is 1.62. The quantitative estimate of drug-likeness (QED) is 0.878. The highest BCUT2D eigenvalue weighted by atomic mass is 19.1. The van der Waals surface area contributed by atoms with Crippen LogP contribution in [0.15, 0.2) is 18.2 Å². The van der Waals surface area contributed by atoms with E-state index in [0.717, 1.165) is 0 Å². The number of nitrogens with zero attached hydrogens (tertiary/aromatic N) is 2. The fourth-order valence-corrected chi connectivity index (χ4v) is 3.60. The van der Waals surface area contributed by atoms with E-state index in [9.17, 15) is 14.0 Å². The standard InChI is InChI=1S/C17H20FN3O4/c18-13-11-12(21-6-3-15(22)19-16(21)23)1-2-14(13)20-7-4-17(5-8-20)24-9-10-25-17/h1-2,11H,3-10H2,(H,19,22,23). The molecule has 0 bridgehead atoms. The highest BCUT2D eigenvalue weighted by molar-refractivity contribution is 6.05. The molecule has 3 amide bonds. The summed E-state index contributed by atoms with van der Waals surface area (Å²) in [6.07, 6.45) is 1.61. The number of piperidine rings is 1. The molecule has 7 nitrogen and oxygen atoms in total. The predicted molar refractivity (Wildman–Crippen MR) is 88.0 cm³/mol. The van der Waals surface area contributed by atoms with Gasteiger partial charge in [-0.05, 0) is 18.2 Å². The van der Waals surface area contributed by atoms with Crippen LogP contribution in [0.3, 0.4) is 0 Å². The number of amides is 3. The zero-order valence-electron chi connectivity index (χ0n) is 13.8. The molecule has 4 rings (SSSR count). The van der Waals surface area contributed by atoms with Gasteiger partial charge in [0, 0.05) is 44.6 Å². The van der Waals surface area contributed by atoms with Crippen molar-refractivity contribution in [1.82, 2.24) is 5.32 Å². The first-order valence-corrected chi connectivity index (χ1v) is 8.50. The van der Waals surface area contributed by atoms with Crippen molar-refractivity contribution in [3.8, 4) is 0 Å². The van der Waals surface area contributed by atoms with Gasteiger partial charge >= 0.3 is 6.03 Å². The Kier molecular flexibility index (Phi) is 4.09. The number of anilines is 2. The number of imide groups is 1. The molecular formula is C17H20FN3O4. The van der Waals surface area contributed by atoms with Gasteiger partial charge in [-0.15, -0.1) is 0 Å². The van der Waals surface area contributed by atoms with Crippen LogP contribution in [-0.4, -0.2) is 50.6 Å². The summed E-state index contributed by atoms with van der Waals surface area (Å²) in [5, 5.41) is 2.24. The molecule has 3 saturated heterocycles. The molecule has 0 aliphatic carbocycles. The molecule has 0 saturated carbocycles. The Morgan fingerprint density at radius 1 is 1.08 bits per heavy atom. The summed E-state index contributed by atoms with van der Waals surface area (Å²) < 4.78 is 26.0. The van der Waals surface area contributed by atoms with E-state index < -0.39 is 11.8 Å². The SMILES string of the molecule is O=C1CCN(c2ccc(N3CCC4(CC3)OCCO4)c(F)c2)C(=O)N1. The molecule has 1 aromatic carbocycles. The lowest BCUT2D eigenvalue weighted by atomic mass is 10.0. The summed E-state index contributed by atoms with van der Waals surface area (Å²) in [4.78, 5) is 26.4. The topological polar surface area (TPSA) is 71.1 Å². The number of urea groups is 1. The van der Waals surface area contributed by atoms with Gasteiger partial charge in [0.15, 0.2) is 5.79 Å². The van der Waals surface area contributed by atoms with Gasteiger partial charge in [-0.1, -0.05) is 0 Å². The molecule has 8 heteroatoms. The van der Waals surface area contributed by atoms with Crippen LogP contribution < -0.4 is 15.1 Å². The minimum atomic E-state index is -0.515. The van der Waals surface area contributed by atoms with Crippen LogP contribution in [0, 0.1) is 5.82 Å².